The third kappa shape index (κ3) is 16.1. The lowest BCUT2D eigenvalue weighted by atomic mass is 10.0. The van der Waals surface area contributed by atoms with Crippen LogP contribution in [-0.4, -0.2) is 161 Å². The van der Waals surface area contributed by atoms with Crippen LogP contribution in [0, 0.1) is 0 Å². The first kappa shape index (κ1) is 40.7. The smallest absolute Gasteiger partial charge is 0.338 e. The third-order valence-electron chi connectivity index (χ3n) is 7.21. The van der Waals surface area contributed by atoms with E-state index in [0.29, 0.717) is 17.8 Å². The van der Waals surface area contributed by atoms with Crippen molar-refractivity contribution in [3.05, 3.63) is 42.0 Å². The lowest BCUT2D eigenvalue weighted by molar-refractivity contribution is -0.306. The number of hydrogen-bond acceptors (Lipinski definition) is 14. The highest BCUT2D eigenvalue weighted by Crippen LogP contribution is 2.16. The van der Waals surface area contributed by atoms with Crippen molar-refractivity contribution in [2.75, 3.05) is 77.3 Å². The summed E-state index contributed by atoms with van der Waals surface area (Å²) in [6, 6.07) is 5.37. The summed E-state index contributed by atoms with van der Waals surface area (Å²) < 4.78 is 0. The first-order valence-electron chi connectivity index (χ1n) is 15.2. The number of aliphatic carboxylic acids is 4. The molecule has 1 aliphatic rings. The molecule has 0 saturated heterocycles. The molecule has 1 aliphatic heterocycles. The van der Waals surface area contributed by atoms with Gasteiger partial charge in [0, 0.05) is 63.5 Å². The van der Waals surface area contributed by atoms with Crippen molar-refractivity contribution in [1.82, 2.24) is 24.9 Å². The van der Waals surface area contributed by atoms with Crippen LogP contribution in [0.1, 0.15) is 12.0 Å². The van der Waals surface area contributed by atoms with Crippen LogP contribution in [0.4, 0.5) is 5.69 Å². The predicted octanol–water partition coefficient (Wildman–Crippen LogP) is -4.23. The van der Waals surface area contributed by atoms with Crippen LogP contribution in [0.25, 0.3) is 0 Å². The largest absolute Gasteiger partial charge is 0.549 e. The van der Waals surface area contributed by atoms with Crippen LogP contribution in [0.2, 0.25) is 0 Å². The predicted molar refractivity (Wildman–Crippen MR) is 169 cm³/mol. The second-order valence-corrected chi connectivity index (χ2v) is 11.2. The molecule has 0 unspecified atom stereocenters. The average Bonchev–Trinajstić information content (AvgIpc) is 3.42. The Morgan fingerprint density at radius 1 is 0.880 bits per heavy atom. The van der Waals surface area contributed by atoms with Crippen molar-refractivity contribution >= 4 is 53.3 Å². The number of carbonyl (C=O) groups excluding carboxylic acids is 5. The molecule has 1 heterocycles. The summed E-state index contributed by atoms with van der Waals surface area (Å²) in [7, 11) is 0. The summed E-state index contributed by atoms with van der Waals surface area (Å²) in [6.07, 6.45) is 2.96. The summed E-state index contributed by atoms with van der Waals surface area (Å²) in [6.45, 7) is -3.49. The van der Waals surface area contributed by atoms with Gasteiger partial charge in [0.1, 0.15) is 6.54 Å². The SMILES string of the molecule is NOC(=O)CN(CCN(CC(=O)O)C[C@@H](Cc1ccc(NC(=O)CCNC(=O)CN2CC=CC2=O)cc1)N(CC(=O)[O-])CC(=O)O)CC(=O)O. The van der Waals surface area contributed by atoms with E-state index in [4.69, 9.17) is 5.90 Å². The number of nitrogens with zero attached hydrogens (tertiary/aromatic N) is 4. The Labute approximate surface area is 286 Å². The van der Waals surface area contributed by atoms with Gasteiger partial charge >= 0.3 is 23.9 Å². The minimum Gasteiger partial charge on any atom is -0.549 e. The molecular formula is C30H40N7O13-. The summed E-state index contributed by atoms with van der Waals surface area (Å²) in [5, 5.41) is 45.0. The maximum atomic E-state index is 12.4. The Bertz CT molecular complexity index is 1400. The Hall–Kier alpha value is -5.44. The van der Waals surface area contributed by atoms with Crippen molar-refractivity contribution in [2.24, 2.45) is 5.90 Å². The van der Waals surface area contributed by atoms with E-state index >= 15 is 0 Å². The molecule has 1 atom stereocenters. The molecule has 7 N–H and O–H groups in total. The van der Waals surface area contributed by atoms with E-state index in [2.05, 4.69) is 15.5 Å². The average molecular weight is 707 g/mol. The molecule has 20 nitrogen and oxygen atoms in total. The molecule has 0 saturated carbocycles. The number of hydrogen-bond donors (Lipinski definition) is 6. The van der Waals surface area contributed by atoms with Gasteiger partial charge in [-0.2, -0.15) is 5.90 Å². The van der Waals surface area contributed by atoms with E-state index in [-0.39, 0.29) is 51.5 Å². The summed E-state index contributed by atoms with van der Waals surface area (Å²) in [4.78, 5) is 103. The molecule has 50 heavy (non-hydrogen) atoms. The monoisotopic (exact) mass is 706 g/mol. The van der Waals surface area contributed by atoms with Crippen LogP contribution in [0.5, 0.6) is 0 Å². The van der Waals surface area contributed by atoms with Crippen LogP contribution in [-0.2, 0) is 49.6 Å². The fourth-order valence-electron chi connectivity index (χ4n) is 4.98. The molecule has 0 bridgehead atoms. The van der Waals surface area contributed by atoms with Crippen molar-refractivity contribution in [3.63, 3.8) is 0 Å². The zero-order valence-corrected chi connectivity index (χ0v) is 27.0. The number of anilines is 1. The molecule has 1 aromatic carbocycles. The minimum atomic E-state index is -1.58. The summed E-state index contributed by atoms with van der Waals surface area (Å²) >= 11 is 0. The number of amides is 3. The minimum absolute atomic E-state index is 0.0182. The maximum Gasteiger partial charge on any atom is 0.338 e. The third-order valence-corrected chi connectivity index (χ3v) is 7.21. The summed E-state index contributed by atoms with van der Waals surface area (Å²) in [5.74, 6) is -2.69. The molecule has 0 aliphatic carbocycles. The highest BCUT2D eigenvalue weighted by molar-refractivity contribution is 5.94. The van der Waals surface area contributed by atoms with Gasteiger partial charge in [0.25, 0.3) is 0 Å². The van der Waals surface area contributed by atoms with Crippen molar-refractivity contribution in [3.8, 4) is 0 Å². The molecule has 274 valence electrons. The highest BCUT2D eigenvalue weighted by atomic mass is 16.7. The Balaban J connectivity index is 2.12. The Morgan fingerprint density at radius 2 is 1.50 bits per heavy atom. The standard InChI is InChI=1S/C30H41N7O13/c31-50-30(49)19-35(16-27(43)44)11-10-34(15-26(41)42)13-22(37(17-28(45)46)18-29(47)48)12-20-3-5-21(6-4-20)33-23(38)7-8-32-24(39)14-36-9-1-2-25(36)40/h1-6,22H,7-19,31H2,(H,32,39)(H,33,38)(H,41,42)(H,43,44)(H,45,46)(H,47,48)/p-1/t22-/m1/s1. The second-order valence-electron chi connectivity index (χ2n) is 11.2. The van der Waals surface area contributed by atoms with Gasteiger partial charge in [-0.05, 0) is 24.1 Å². The number of carbonyl (C=O) groups is 8. The van der Waals surface area contributed by atoms with Crippen LogP contribution in [0.15, 0.2) is 36.4 Å². The second kappa shape index (κ2) is 20.8. The van der Waals surface area contributed by atoms with Gasteiger partial charge in [0.05, 0.1) is 32.1 Å². The topological polar surface area (TPSA) is 293 Å². The molecule has 0 spiro atoms. The number of benzene rings is 1. The maximum absolute atomic E-state index is 12.4. The lowest BCUT2D eigenvalue weighted by Crippen LogP contribution is -2.53. The van der Waals surface area contributed by atoms with Gasteiger partial charge in [-0.15, -0.1) is 0 Å². The van der Waals surface area contributed by atoms with Crippen LogP contribution < -0.4 is 21.6 Å². The quantitative estimate of drug-likeness (QED) is 0.0555. The van der Waals surface area contributed by atoms with E-state index < -0.39 is 80.4 Å². The molecule has 0 aromatic heterocycles. The number of nitrogens with one attached hydrogen (secondary N) is 2. The molecule has 3 amide bonds. The molecule has 0 fully saturated rings. The zero-order valence-electron chi connectivity index (χ0n) is 27.0. The van der Waals surface area contributed by atoms with Crippen LogP contribution in [0.3, 0.4) is 0 Å². The highest BCUT2D eigenvalue weighted by Gasteiger charge is 2.26. The van der Waals surface area contributed by atoms with Crippen molar-refractivity contribution in [1.29, 1.82) is 0 Å². The fraction of sp³-hybridized carbons (Fsp3) is 0.467. The number of carboxylic acids is 4. The Morgan fingerprint density at radius 3 is 2.06 bits per heavy atom. The number of nitrogens with two attached hydrogens (primary N) is 1. The first-order valence-corrected chi connectivity index (χ1v) is 15.2. The normalized spacial score (nSPS) is 13.0. The molecule has 0 radical (unpaired) electrons. The lowest BCUT2D eigenvalue weighted by Gasteiger charge is -2.35. The van der Waals surface area contributed by atoms with E-state index in [1.165, 1.54) is 15.9 Å². The van der Waals surface area contributed by atoms with Gasteiger partial charge in [-0.25, -0.2) is 4.79 Å². The summed E-state index contributed by atoms with van der Waals surface area (Å²) in [5.41, 5.74) is 0.947. The fourth-order valence-corrected chi connectivity index (χ4v) is 4.98. The van der Waals surface area contributed by atoms with E-state index in [9.17, 15) is 58.8 Å². The molecule has 1 aromatic rings. The van der Waals surface area contributed by atoms with Crippen molar-refractivity contribution in [2.45, 2.75) is 18.9 Å². The van der Waals surface area contributed by atoms with Gasteiger partial charge < -0.3 is 45.6 Å². The zero-order chi connectivity index (χ0) is 37.2. The van der Waals surface area contributed by atoms with E-state index in [1.54, 1.807) is 30.3 Å². The van der Waals surface area contributed by atoms with E-state index in [0.717, 1.165) is 9.80 Å². The molecular weight excluding hydrogens is 666 g/mol. The van der Waals surface area contributed by atoms with Gasteiger partial charge in [0.2, 0.25) is 17.7 Å². The van der Waals surface area contributed by atoms with Crippen LogP contribution >= 0.6 is 0 Å². The Kier molecular flexibility index (Phi) is 17.0. The molecule has 2 rings (SSSR count). The van der Waals surface area contributed by atoms with Gasteiger partial charge in [-0.3, -0.25) is 43.5 Å². The van der Waals surface area contributed by atoms with Gasteiger partial charge in [-0.1, -0.05) is 18.2 Å². The number of carboxylic acid groups (broad SMARTS) is 4. The number of rotatable bonds is 24. The van der Waals surface area contributed by atoms with Gasteiger partial charge in [0.15, 0.2) is 0 Å². The first-order chi connectivity index (χ1) is 23.6. The molecule has 20 heteroatoms. The van der Waals surface area contributed by atoms with E-state index in [1.807, 2.05) is 0 Å². The van der Waals surface area contributed by atoms with Crippen molar-refractivity contribution < 1.29 is 63.6 Å².